The van der Waals surface area contributed by atoms with Crippen LogP contribution in [0.15, 0.2) is 56.7 Å². The highest BCUT2D eigenvalue weighted by molar-refractivity contribution is 9.10. The van der Waals surface area contributed by atoms with Crippen LogP contribution in [0.5, 0.6) is 0 Å². The Balaban J connectivity index is 1.93. The van der Waals surface area contributed by atoms with E-state index in [2.05, 4.69) is 26.0 Å². The Morgan fingerprint density at radius 3 is 2.79 bits per heavy atom. The third-order valence-electron chi connectivity index (χ3n) is 3.41. The molecule has 0 spiro atoms. The summed E-state index contributed by atoms with van der Waals surface area (Å²) in [5.74, 6) is -0.108. The second-order valence-corrected chi connectivity index (χ2v) is 9.53. The van der Waals surface area contributed by atoms with Crippen molar-refractivity contribution in [2.24, 2.45) is 0 Å². The summed E-state index contributed by atoms with van der Waals surface area (Å²) in [7, 11) is -3.74. The highest BCUT2D eigenvalue weighted by atomic mass is 79.9. The lowest BCUT2D eigenvalue weighted by Crippen LogP contribution is -2.15. The standard InChI is InChI=1S/C16H15BrN2O3S2/c1-10-7-16(20)18-14-9-13(5-6-15(14)23-10)24(21,22)19-12-4-2-3-11(17)8-12/h2-6,8-10,19H,7H2,1H3,(H,18,20). The maximum Gasteiger partial charge on any atom is 0.261 e. The molecule has 8 heteroatoms. The Morgan fingerprint density at radius 1 is 1.25 bits per heavy atom. The van der Waals surface area contributed by atoms with Gasteiger partial charge in [-0.1, -0.05) is 28.9 Å². The minimum atomic E-state index is -3.74. The number of rotatable bonds is 3. The van der Waals surface area contributed by atoms with Crippen LogP contribution in [0, 0.1) is 0 Å². The molecule has 24 heavy (non-hydrogen) atoms. The average Bonchev–Trinajstić information content (AvgIpc) is 2.62. The van der Waals surface area contributed by atoms with Crippen molar-refractivity contribution in [3.05, 3.63) is 46.9 Å². The van der Waals surface area contributed by atoms with Gasteiger partial charge in [0.15, 0.2) is 0 Å². The fraction of sp³-hybridized carbons (Fsp3) is 0.188. The molecule has 1 aliphatic rings. The number of thioether (sulfide) groups is 1. The smallest absolute Gasteiger partial charge is 0.261 e. The molecular weight excluding hydrogens is 412 g/mol. The van der Waals surface area contributed by atoms with Crippen LogP contribution in [0.2, 0.25) is 0 Å². The van der Waals surface area contributed by atoms with Crippen molar-refractivity contribution in [3.8, 4) is 0 Å². The molecular formula is C16H15BrN2O3S2. The third kappa shape index (κ3) is 3.93. The number of amides is 1. The lowest BCUT2D eigenvalue weighted by molar-refractivity contribution is -0.116. The second kappa shape index (κ2) is 6.78. The van der Waals surface area contributed by atoms with Crippen molar-refractivity contribution in [2.45, 2.75) is 28.4 Å². The second-order valence-electron chi connectivity index (χ2n) is 5.45. The quantitative estimate of drug-likeness (QED) is 0.775. The monoisotopic (exact) mass is 426 g/mol. The largest absolute Gasteiger partial charge is 0.325 e. The van der Waals surface area contributed by atoms with Gasteiger partial charge in [-0.15, -0.1) is 11.8 Å². The molecule has 0 bridgehead atoms. The van der Waals surface area contributed by atoms with E-state index in [1.54, 1.807) is 42.1 Å². The number of fused-ring (bicyclic) bond motifs is 1. The van der Waals surface area contributed by atoms with E-state index in [0.717, 1.165) is 9.37 Å². The molecule has 2 aromatic rings. The summed E-state index contributed by atoms with van der Waals surface area (Å²) in [6.07, 6.45) is 0.401. The maximum atomic E-state index is 12.6. The van der Waals surface area contributed by atoms with Gasteiger partial charge in [0.25, 0.3) is 10.0 Å². The van der Waals surface area contributed by atoms with Gasteiger partial charge in [-0.25, -0.2) is 8.42 Å². The van der Waals surface area contributed by atoms with E-state index >= 15 is 0 Å². The zero-order valence-corrected chi connectivity index (χ0v) is 16.0. The number of carbonyl (C=O) groups is 1. The first-order chi connectivity index (χ1) is 11.3. The van der Waals surface area contributed by atoms with Crippen LogP contribution >= 0.6 is 27.7 Å². The van der Waals surface area contributed by atoms with Gasteiger partial charge in [0.05, 0.1) is 10.6 Å². The molecule has 0 aromatic heterocycles. The van der Waals surface area contributed by atoms with E-state index in [-0.39, 0.29) is 16.1 Å². The highest BCUT2D eigenvalue weighted by Gasteiger charge is 2.22. The molecule has 0 saturated carbocycles. The minimum Gasteiger partial charge on any atom is -0.325 e. The molecule has 5 nitrogen and oxygen atoms in total. The molecule has 1 heterocycles. The van der Waals surface area contributed by atoms with Gasteiger partial charge in [0, 0.05) is 26.7 Å². The normalized spacial score (nSPS) is 17.6. The van der Waals surface area contributed by atoms with E-state index in [0.29, 0.717) is 17.8 Å². The first-order valence-electron chi connectivity index (χ1n) is 7.22. The molecule has 1 amide bonds. The summed E-state index contributed by atoms with van der Waals surface area (Å²) in [5, 5.41) is 2.93. The Morgan fingerprint density at radius 2 is 2.04 bits per heavy atom. The van der Waals surface area contributed by atoms with Gasteiger partial charge < -0.3 is 5.32 Å². The molecule has 0 saturated heterocycles. The minimum absolute atomic E-state index is 0.108. The van der Waals surface area contributed by atoms with E-state index in [1.807, 2.05) is 13.0 Å². The molecule has 2 aromatic carbocycles. The third-order valence-corrected chi connectivity index (χ3v) is 6.46. The zero-order valence-electron chi connectivity index (χ0n) is 12.7. The summed E-state index contributed by atoms with van der Waals surface area (Å²) < 4.78 is 28.5. The average molecular weight is 427 g/mol. The molecule has 3 rings (SSSR count). The Hall–Kier alpha value is -1.51. The molecule has 126 valence electrons. The van der Waals surface area contributed by atoms with Crippen LogP contribution < -0.4 is 10.0 Å². The van der Waals surface area contributed by atoms with Gasteiger partial charge in [-0.3, -0.25) is 9.52 Å². The van der Waals surface area contributed by atoms with Crippen molar-refractivity contribution in [1.82, 2.24) is 0 Å². The van der Waals surface area contributed by atoms with Gasteiger partial charge in [0.2, 0.25) is 5.91 Å². The number of hydrogen-bond acceptors (Lipinski definition) is 4. The fourth-order valence-corrected chi connectivity index (χ4v) is 4.89. The molecule has 0 fully saturated rings. The van der Waals surface area contributed by atoms with Crippen LogP contribution in [0.1, 0.15) is 13.3 Å². The lowest BCUT2D eigenvalue weighted by Gasteiger charge is -2.12. The van der Waals surface area contributed by atoms with Gasteiger partial charge in [-0.05, 0) is 36.4 Å². The number of carbonyl (C=O) groups excluding carboxylic acids is 1. The first-order valence-corrected chi connectivity index (χ1v) is 10.4. The summed E-state index contributed by atoms with van der Waals surface area (Å²) in [5.41, 5.74) is 0.998. The SMILES string of the molecule is CC1CC(=O)Nc2cc(S(=O)(=O)Nc3cccc(Br)c3)ccc2S1. The number of hydrogen-bond donors (Lipinski definition) is 2. The van der Waals surface area contributed by atoms with Crippen LogP contribution in [0.25, 0.3) is 0 Å². The number of benzene rings is 2. The lowest BCUT2D eigenvalue weighted by atomic mass is 10.3. The summed E-state index contributed by atoms with van der Waals surface area (Å²) in [4.78, 5) is 12.8. The van der Waals surface area contributed by atoms with Crippen molar-refractivity contribution in [3.63, 3.8) is 0 Å². The number of nitrogens with one attached hydrogen (secondary N) is 2. The van der Waals surface area contributed by atoms with Crippen molar-refractivity contribution in [1.29, 1.82) is 0 Å². The fourth-order valence-electron chi connectivity index (χ4n) is 2.36. The summed E-state index contributed by atoms with van der Waals surface area (Å²) in [6, 6.07) is 11.7. The van der Waals surface area contributed by atoms with Crippen molar-refractivity contribution >= 4 is 55.0 Å². The molecule has 1 aliphatic heterocycles. The summed E-state index contributed by atoms with van der Waals surface area (Å²) in [6.45, 7) is 1.97. The first kappa shape index (κ1) is 17.3. The van der Waals surface area contributed by atoms with E-state index in [9.17, 15) is 13.2 Å². The topological polar surface area (TPSA) is 75.3 Å². The van der Waals surface area contributed by atoms with Crippen LogP contribution in [0.4, 0.5) is 11.4 Å². The number of halogens is 1. The van der Waals surface area contributed by atoms with Crippen molar-refractivity contribution < 1.29 is 13.2 Å². The van der Waals surface area contributed by atoms with Crippen LogP contribution in [-0.4, -0.2) is 19.6 Å². The highest BCUT2D eigenvalue weighted by Crippen LogP contribution is 2.36. The van der Waals surface area contributed by atoms with E-state index in [4.69, 9.17) is 0 Å². The molecule has 0 aliphatic carbocycles. The predicted octanol–water partition coefficient (Wildman–Crippen LogP) is 4.07. The molecule has 0 radical (unpaired) electrons. The Kier molecular flexibility index (Phi) is 4.89. The van der Waals surface area contributed by atoms with Gasteiger partial charge in [-0.2, -0.15) is 0 Å². The van der Waals surface area contributed by atoms with E-state index < -0.39 is 10.0 Å². The van der Waals surface area contributed by atoms with Crippen LogP contribution in [0.3, 0.4) is 0 Å². The predicted molar refractivity (Wildman–Crippen MR) is 100.0 cm³/mol. The van der Waals surface area contributed by atoms with E-state index in [1.165, 1.54) is 6.07 Å². The number of anilines is 2. The maximum absolute atomic E-state index is 12.6. The zero-order chi connectivity index (χ0) is 17.3. The molecule has 1 atom stereocenters. The van der Waals surface area contributed by atoms with Crippen LogP contribution in [-0.2, 0) is 14.8 Å². The van der Waals surface area contributed by atoms with Gasteiger partial charge >= 0.3 is 0 Å². The van der Waals surface area contributed by atoms with Crippen molar-refractivity contribution in [2.75, 3.05) is 10.0 Å². The summed E-state index contributed by atoms with van der Waals surface area (Å²) >= 11 is 4.87. The Labute approximate surface area is 153 Å². The Bertz CT molecular complexity index is 900. The molecule has 2 N–H and O–H groups in total. The number of sulfonamides is 1. The van der Waals surface area contributed by atoms with Gasteiger partial charge in [0.1, 0.15) is 0 Å². The molecule has 1 unspecified atom stereocenters.